The predicted octanol–water partition coefficient (Wildman–Crippen LogP) is 1.71. The zero-order valence-electron chi connectivity index (χ0n) is 8.77. The minimum atomic E-state index is 0.0646. The van der Waals surface area contributed by atoms with E-state index in [1.54, 1.807) is 17.0 Å². The third-order valence-corrected chi connectivity index (χ3v) is 3.25. The van der Waals surface area contributed by atoms with Crippen LogP contribution in [-0.2, 0) is 4.79 Å². The second-order valence-electron chi connectivity index (χ2n) is 3.03. The Kier molecular flexibility index (Phi) is 5.05. The van der Waals surface area contributed by atoms with Gasteiger partial charge in [-0.15, -0.1) is 0 Å². The molecule has 0 aliphatic carbocycles. The molecule has 0 radical (unpaired) electrons. The Balaban J connectivity index is 2.81. The fourth-order valence-corrected chi connectivity index (χ4v) is 1.97. The van der Waals surface area contributed by atoms with Crippen LogP contribution < -0.4 is 4.57 Å². The maximum atomic E-state index is 10.8. The first-order valence-electron chi connectivity index (χ1n) is 4.58. The molecule has 0 saturated carbocycles. The Morgan fingerprint density at radius 3 is 2.56 bits per heavy atom. The fourth-order valence-electron chi connectivity index (χ4n) is 1.00. The molecule has 0 atom stereocenters. The summed E-state index contributed by atoms with van der Waals surface area (Å²) in [6.45, 7) is 1.51. The van der Waals surface area contributed by atoms with Gasteiger partial charge in [0.1, 0.15) is 5.78 Å². The molecule has 0 amide bonds. The SMILES string of the molecule is CC(=O)CSC(=S)C(=C=N)[n+]1ccccc1. The van der Waals surface area contributed by atoms with Crippen LogP contribution in [0.1, 0.15) is 6.92 Å². The number of pyridine rings is 1. The normalized spacial score (nSPS) is 9.31. The first-order chi connectivity index (χ1) is 7.65. The molecule has 1 rings (SSSR count). The Morgan fingerprint density at radius 2 is 2.06 bits per heavy atom. The fraction of sp³-hybridized carbons (Fsp3) is 0.182. The summed E-state index contributed by atoms with van der Waals surface area (Å²) in [7, 11) is 0. The highest BCUT2D eigenvalue weighted by molar-refractivity contribution is 8.24. The molecule has 3 nitrogen and oxygen atoms in total. The lowest BCUT2D eigenvalue weighted by Gasteiger charge is -1.99. The molecule has 16 heavy (non-hydrogen) atoms. The molecule has 0 aromatic carbocycles. The number of hydrogen-bond acceptors (Lipinski definition) is 4. The van der Waals surface area contributed by atoms with Gasteiger partial charge >= 0.3 is 0 Å². The maximum Gasteiger partial charge on any atom is 0.297 e. The molecule has 0 unspecified atom stereocenters. The number of carbonyl (C=O) groups excluding carboxylic acids is 1. The van der Waals surface area contributed by atoms with Gasteiger partial charge in [0.2, 0.25) is 0 Å². The van der Waals surface area contributed by atoms with Crippen LogP contribution in [0.4, 0.5) is 0 Å². The number of hydrogen-bond donors (Lipinski definition) is 1. The predicted molar refractivity (Wildman–Crippen MR) is 69.8 cm³/mol. The standard InChI is InChI=1S/C11H11N2OS2/c1-9(14)8-16-11(15)10(7-12)13-5-3-2-4-6-13/h2-6,12H,8H2,1H3/q+1. The van der Waals surface area contributed by atoms with Crippen LogP contribution in [-0.4, -0.2) is 21.6 Å². The number of thiocarbonyl (C=S) groups is 1. The molecular formula is C11H11N2OS2+. The van der Waals surface area contributed by atoms with Crippen LogP contribution in [0.3, 0.4) is 0 Å². The van der Waals surface area contributed by atoms with Crippen molar-refractivity contribution in [3.63, 3.8) is 0 Å². The lowest BCUT2D eigenvalue weighted by atomic mass is 10.4. The van der Waals surface area contributed by atoms with E-state index in [1.807, 2.05) is 18.2 Å². The molecule has 82 valence electrons. The number of rotatable bonds is 4. The molecule has 0 bridgehead atoms. The van der Waals surface area contributed by atoms with Crippen LogP contribution in [0, 0.1) is 5.41 Å². The van der Waals surface area contributed by atoms with Gasteiger partial charge in [0.25, 0.3) is 5.70 Å². The average molecular weight is 251 g/mol. The monoisotopic (exact) mass is 251 g/mol. The van der Waals surface area contributed by atoms with E-state index >= 15 is 0 Å². The van der Waals surface area contributed by atoms with Crippen molar-refractivity contribution >= 4 is 45.5 Å². The van der Waals surface area contributed by atoms with Crippen molar-refractivity contribution in [3.8, 4) is 0 Å². The van der Waals surface area contributed by atoms with Gasteiger partial charge in [-0.05, 0) is 6.92 Å². The highest BCUT2D eigenvalue weighted by Crippen LogP contribution is 2.10. The van der Waals surface area contributed by atoms with Crippen molar-refractivity contribution < 1.29 is 9.36 Å². The van der Waals surface area contributed by atoms with E-state index in [2.05, 4.69) is 5.87 Å². The van der Waals surface area contributed by atoms with Gasteiger partial charge in [-0.2, -0.15) is 4.57 Å². The van der Waals surface area contributed by atoms with E-state index in [0.29, 0.717) is 15.6 Å². The van der Waals surface area contributed by atoms with Gasteiger partial charge < -0.3 is 0 Å². The highest BCUT2D eigenvalue weighted by Gasteiger charge is 2.16. The van der Waals surface area contributed by atoms with Gasteiger partial charge in [-0.3, -0.25) is 10.2 Å². The zero-order valence-corrected chi connectivity index (χ0v) is 10.4. The second-order valence-corrected chi connectivity index (χ2v) is 4.69. The minimum Gasteiger partial charge on any atom is -0.299 e. The lowest BCUT2D eigenvalue weighted by Crippen LogP contribution is -2.34. The molecule has 5 heteroatoms. The first-order valence-corrected chi connectivity index (χ1v) is 5.97. The summed E-state index contributed by atoms with van der Waals surface area (Å²) in [5.74, 6) is 2.69. The Hall–Kier alpha value is -1.29. The summed E-state index contributed by atoms with van der Waals surface area (Å²) in [5.41, 5.74) is 0.488. The van der Waals surface area contributed by atoms with Gasteiger partial charge in [0.15, 0.2) is 16.6 Å². The van der Waals surface area contributed by atoms with Crippen LogP contribution in [0.5, 0.6) is 0 Å². The largest absolute Gasteiger partial charge is 0.299 e. The topological polar surface area (TPSA) is 44.8 Å². The summed E-state index contributed by atoms with van der Waals surface area (Å²) >= 11 is 6.40. The van der Waals surface area contributed by atoms with Crippen molar-refractivity contribution in [1.29, 1.82) is 5.41 Å². The van der Waals surface area contributed by atoms with Gasteiger partial charge in [0.05, 0.1) is 11.6 Å². The molecular weight excluding hydrogens is 240 g/mol. The number of aromatic nitrogens is 1. The molecule has 0 spiro atoms. The summed E-state index contributed by atoms with van der Waals surface area (Å²) in [6.07, 6.45) is 3.58. The number of thioether (sulfide) groups is 1. The Morgan fingerprint density at radius 1 is 1.44 bits per heavy atom. The summed E-state index contributed by atoms with van der Waals surface area (Å²) in [4.78, 5) is 10.8. The number of ketones is 1. The second kappa shape index (κ2) is 6.33. The number of nitrogens with zero attached hydrogens (tertiary/aromatic N) is 1. The smallest absolute Gasteiger partial charge is 0.297 e. The molecule has 1 aromatic heterocycles. The molecule has 1 aromatic rings. The molecule has 1 heterocycles. The molecule has 0 aliphatic rings. The van der Waals surface area contributed by atoms with Crippen molar-refractivity contribution in [2.24, 2.45) is 0 Å². The maximum absolute atomic E-state index is 10.8. The average Bonchev–Trinajstić information content (AvgIpc) is 2.29. The molecule has 0 aliphatic heterocycles. The third-order valence-electron chi connectivity index (χ3n) is 1.69. The summed E-state index contributed by atoms with van der Waals surface area (Å²) < 4.78 is 2.21. The van der Waals surface area contributed by atoms with E-state index in [-0.39, 0.29) is 5.78 Å². The van der Waals surface area contributed by atoms with E-state index in [9.17, 15) is 4.79 Å². The summed E-state index contributed by atoms with van der Waals surface area (Å²) in [6, 6.07) is 5.56. The van der Waals surface area contributed by atoms with Crippen molar-refractivity contribution in [2.45, 2.75) is 6.92 Å². The van der Waals surface area contributed by atoms with Crippen LogP contribution >= 0.6 is 24.0 Å². The molecule has 0 fully saturated rings. The van der Waals surface area contributed by atoms with Crippen LogP contribution in [0.2, 0.25) is 0 Å². The van der Waals surface area contributed by atoms with Crippen molar-refractivity contribution in [2.75, 3.05) is 5.75 Å². The van der Waals surface area contributed by atoms with E-state index in [4.69, 9.17) is 17.6 Å². The van der Waals surface area contributed by atoms with Crippen molar-refractivity contribution in [3.05, 3.63) is 30.6 Å². The lowest BCUT2D eigenvalue weighted by molar-refractivity contribution is -0.574. The van der Waals surface area contributed by atoms with E-state index < -0.39 is 0 Å². The van der Waals surface area contributed by atoms with Crippen molar-refractivity contribution in [1.82, 2.24) is 0 Å². The number of carbonyl (C=O) groups is 1. The molecule has 0 saturated heterocycles. The summed E-state index contributed by atoms with van der Waals surface area (Å²) in [5, 5.41) is 7.22. The minimum absolute atomic E-state index is 0.0646. The number of Topliss-reactive ketones (excluding diaryl/α,β-unsaturated/α-hetero) is 1. The highest BCUT2D eigenvalue weighted by atomic mass is 32.2. The van der Waals surface area contributed by atoms with Gasteiger partial charge in [0, 0.05) is 12.1 Å². The Bertz CT molecular complexity index is 450. The van der Waals surface area contributed by atoms with Crippen LogP contribution in [0.15, 0.2) is 30.6 Å². The van der Waals surface area contributed by atoms with E-state index in [0.717, 1.165) is 0 Å². The van der Waals surface area contributed by atoms with Gasteiger partial charge in [-0.1, -0.05) is 30.0 Å². The number of nitrogens with one attached hydrogen (secondary N) is 1. The quantitative estimate of drug-likeness (QED) is 0.383. The van der Waals surface area contributed by atoms with Crippen LogP contribution in [0.25, 0.3) is 5.70 Å². The zero-order chi connectivity index (χ0) is 12.0. The van der Waals surface area contributed by atoms with Gasteiger partial charge in [-0.25, -0.2) is 0 Å². The molecule has 1 N–H and O–H groups in total. The first kappa shape index (κ1) is 12.8. The van der Waals surface area contributed by atoms with E-state index in [1.165, 1.54) is 18.7 Å². The third kappa shape index (κ3) is 3.70. The Labute approximate surface area is 104 Å².